The predicted octanol–water partition coefficient (Wildman–Crippen LogP) is 4.39. The van der Waals surface area contributed by atoms with Gasteiger partial charge in [0.1, 0.15) is 5.75 Å². The normalized spacial score (nSPS) is 12.0. The van der Waals surface area contributed by atoms with Gasteiger partial charge in [0.25, 0.3) is 15.9 Å². The second kappa shape index (κ2) is 8.97. The van der Waals surface area contributed by atoms with Crippen LogP contribution in [0.1, 0.15) is 86.3 Å². The van der Waals surface area contributed by atoms with E-state index in [0.717, 1.165) is 5.56 Å². The standard InChI is InChI=1S/C22H30N2O4S/c1-13(2)16-11-18(14(3)4)21(19(12-16)15(5)6)29(27,28)24-23-22(26)17-9-7-8-10-20(17)25/h7-15,24-25H,1-6H3,(H,23,26). The molecular formula is C22H30N2O4S. The van der Waals surface area contributed by atoms with Gasteiger partial charge in [-0.05, 0) is 46.6 Å². The smallest absolute Gasteiger partial charge is 0.269 e. The summed E-state index contributed by atoms with van der Waals surface area (Å²) >= 11 is 0. The van der Waals surface area contributed by atoms with E-state index in [1.54, 1.807) is 12.1 Å². The van der Waals surface area contributed by atoms with Gasteiger partial charge in [-0.2, -0.15) is 0 Å². The Kier molecular flexibility index (Phi) is 7.08. The summed E-state index contributed by atoms with van der Waals surface area (Å²) in [6, 6.07) is 9.80. The number of aromatic hydroxyl groups is 1. The molecule has 0 aromatic heterocycles. The summed E-state index contributed by atoms with van der Waals surface area (Å²) < 4.78 is 26.4. The number of hydrazine groups is 1. The lowest BCUT2D eigenvalue weighted by molar-refractivity contribution is 0.0942. The summed E-state index contributed by atoms with van der Waals surface area (Å²) in [5.41, 5.74) is 4.70. The van der Waals surface area contributed by atoms with Gasteiger partial charge in [-0.15, -0.1) is 4.83 Å². The molecule has 2 aromatic carbocycles. The van der Waals surface area contributed by atoms with Gasteiger partial charge in [0.15, 0.2) is 0 Å². The van der Waals surface area contributed by atoms with Crippen molar-refractivity contribution in [3.8, 4) is 5.75 Å². The van der Waals surface area contributed by atoms with Gasteiger partial charge >= 0.3 is 0 Å². The topological polar surface area (TPSA) is 95.5 Å². The Hall–Kier alpha value is -2.38. The molecule has 0 fully saturated rings. The summed E-state index contributed by atoms with van der Waals surface area (Å²) in [4.78, 5) is 14.7. The zero-order chi connectivity index (χ0) is 21.9. The Labute approximate surface area is 173 Å². The summed E-state index contributed by atoms with van der Waals surface area (Å²) in [6.45, 7) is 11.9. The summed E-state index contributed by atoms with van der Waals surface area (Å²) in [5.74, 6) is -0.743. The van der Waals surface area contributed by atoms with Crippen molar-refractivity contribution in [3.05, 3.63) is 58.7 Å². The Morgan fingerprint density at radius 3 is 1.86 bits per heavy atom. The molecule has 2 aromatic rings. The van der Waals surface area contributed by atoms with Crippen LogP contribution in [-0.2, 0) is 10.0 Å². The number of para-hydroxylation sites is 1. The first-order valence-corrected chi connectivity index (χ1v) is 11.2. The molecule has 6 nitrogen and oxygen atoms in total. The summed E-state index contributed by atoms with van der Waals surface area (Å²) in [6.07, 6.45) is 0. The molecule has 0 aliphatic carbocycles. The number of nitrogens with one attached hydrogen (secondary N) is 2. The van der Waals surface area contributed by atoms with Gasteiger partial charge < -0.3 is 5.11 Å². The van der Waals surface area contributed by atoms with Crippen LogP contribution in [0.4, 0.5) is 0 Å². The van der Waals surface area contributed by atoms with Crippen LogP contribution < -0.4 is 10.3 Å². The number of amides is 1. The Morgan fingerprint density at radius 2 is 1.41 bits per heavy atom. The first kappa shape index (κ1) is 22.9. The van der Waals surface area contributed by atoms with Gasteiger partial charge in [-0.3, -0.25) is 10.2 Å². The van der Waals surface area contributed by atoms with Gasteiger partial charge in [0, 0.05) is 0 Å². The number of carbonyl (C=O) groups excluding carboxylic acids is 1. The van der Waals surface area contributed by atoms with Crippen molar-refractivity contribution in [2.45, 2.75) is 64.2 Å². The predicted molar refractivity (Wildman–Crippen MR) is 115 cm³/mol. The maximum Gasteiger partial charge on any atom is 0.269 e. The number of phenols is 1. The average molecular weight is 419 g/mol. The van der Waals surface area contributed by atoms with Gasteiger partial charge in [0.05, 0.1) is 10.5 Å². The largest absolute Gasteiger partial charge is 0.507 e. The van der Waals surface area contributed by atoms with E-state index in [4.69, 9.17) is 0 Å². The van der Waals surface area contributed by atoms with Crippen molar-refractivity contribution in [3.63, 3.8) is 0 Å². The van der Waals surface area contributed by atoms with Crippen LogP contribution in [-0.4, -0.2) is 19.4 Å². The lowest BCUT2D eigenvalue weighted by atomic mass is 9.89. The molecule has 0 unspecified atom stereocenters. The lowest BCUT2D eigenvalue weighted by Crippen LogP contribution is -2.42. The van der Waals surface area contributed by atoms with Crippen molar-refractivity contribution in [1.82, 2.24) is 10.3 Å². The molecule has 1 amide bonds. The zero-order valence-corrected chi connectivity index (χ0v) is 18.6. The molecule has 2 rings (SSSR count). The van der Waals surface area contributed by atoms with Crippen molar-refractivity contribution < 1.29 is 18.3 Å². The molecule has 0 radical (unpaired) electrons. The number of benzene rings is 2. The molecule has 0 spiro atoms. The van der Waals surface area contributed by atoms with E-state index in [1.165, 1.54) is 12.1 Å². The minimum atomic E-state index is -4.03. The first-order valence-electron chi connectivity index (χ1n) is 9.73. The third-order valence-corrected chi connectivity index (χ3v) is 6.18. The highest BCUT2D eigenvalue weighted by atomic mass is 32.2. The number of carbonyl (C=O) groups is 1. The van der Waals surface area contributed by atoms with Crippen LogP contribution in [0.5, 0.6) is 5.75 Å². The Bertz CT molecular complexity index is 967. The van der Waals surface area contributed by atoms with E-state index in [-0.39, 0.29) is 34.0 Å². The number of sulfonamides is 1. The van der Waals surface area contributed by atoms with Crippen LogP contribution in [0.3, 0.4) is 0 Å². The lowest BCUT2D eigenvalue weighted by Gasteiger charge is -2.23. The van der Waals surface area contributed by atoms with E-state index in [0.29, 0.717) is 11.1 Å². The van der Waals surface area contributed by atoms with E-state index < -0.39 is 15.9 Å². The molecule has 0 aliphatic heterocycles. The first-order chi connectivity index (χ1) is 13.5. The van der Waals surface area contributed by atoms with Gasteiger partial charge in [-0.25, -0.2) is 8.42 Å². The molecule has 3 N–H and O–H groups in total. The molecule has 0 aliphatic rings. The second-order valence-corrected chi connectivity index (χ2v) is 9.69. The fraction of sp³-hybridized carbons (Fsp3) is 0.409. The monoisotopic (exact) mass is 418 g/mol. The summed E-state index contributed by atoms with van der Waals surface area (Å²) in [7, 11) is -4.03. The molecule has 29 heavy (non-hydrogen) atoms. The van der Waals surface area contributed by atoms with E-state index in [2.05, 4.69) is 24.1 Å². The molecule has 7 heteroatoms. The maximum atomic E-state index is 13.2. The third-order valence-electron chi connectivity index (χ3n) is 4.80. The van der Waals surface area contributed by atoms with Crippen LogP contribution >= 0.6 is 0 Å². The molecule has 0 saturated heterocycles. The highest BCUT2D eigenvalue weighted by Gasteiger charge is 2.27. The molecule has 0 saturated carbocycles. The zero-order valence-electron chi connectivity index (χ0n) is 17.8. The third kappa shape index (κ3) is 5.16. The number of hydrogen-bond acceptors (Lipinski definition) is 4. The highest BCUT2D eigenvalue weighted by molar-refractivity contribution is 7.89. The molecule has 158 valence electrons. The molecule has 0 bridgehead atoms. The fourth-order valence-electron chi connectivity index (χ4n) is 3.10. The van der Waals surface area contributed by atoms with Crippen molar-refractivity contribution >= 4 is 15.9 Å². The summed E-state index contributed by atoms with van der Waals surface area (Å²) in [5, 5.41) is 9.81. The SMILES string of the molecule is CC(C)c1cc(C(C)C)c(S(=O)(=O)NNC(=O)c2ccccc2O)c(C(C)C)c1. The fourth-order valence-corrected chi connectivity index (χ4v) is 4.64. The van der Waals surface area contributed by atoms with E-state index in [9.17, 15) is 18.3 Å². The van der Waals surface area contributed by atoms with Crippen LogP contribution in [0.25, 0.3) is 0 Å². The van der Waals surface area contributed by atoms with Crippen LogP contribution in [0.2, 0.25) is 0 Å². The maximum absolute atomic E-state index is 13.2. The quantitative estimate of drug-likeness (QED) is 0.581. The van der Waals surface area contributed by atoms with Gasteiger partial charge in [0.2, 0.25) is 0 Å². The minimum Gasteiger partial charge on any atom is -0.507 e. The Balaban J connectivity index is 2.48. The average Bonchev–Trinajstić information content (AvgIpc) is 2.65. The second-order valence-electron chi connectivity index (χ2n) is 8.07. The van der Waals surface area contributed by atoms with Crippen LogP contribution in [0, 0.1) is 0 Å². The number of rotatable bonds is 7. The van der Waals surface area contributed by atoms with Crippen LogP contribution in [0.15, 0.2) is 41.3 Å². The van der Waals surface area contributed by atoms with Crippen molar-refractivity contribution in [1.29, 1.82) is 0 Å². The molecular weight excluding hydrogens is 388 g/mol. The van der Waals surface area contributed by atoms with Crippen molar-refractivity contribution in [2.24, 2.45) is 0 Å². The Morgan fingerprint density at radius 1 is 0.897 bits per heavy atom. The minimum absolute atomic E-state index is 0.0153. The highest BCUT2D eigenvalue weighted by Crippen LogP contribution is 2.34. The van der Waals surface area contributed by atoms with Gasteiger partial charge in [-0.1, -0.05) is 65.8 Å². The van der Waals surface area contributed by atoms with Crippen molar-refractivity contribution in [2.75, 3.05) is 0 Å². The van der Waals surface area contributed by atoms with E-state index >= 15 is 0 Å². The molecule has 0 heterocycles. The van der Waals surface area contributed by atoms with E-state index in [1.807, 2.05) is 39.8 Å². The number of hydrogen-bond donors (Lipinski definition) is 3. The number of phenolic OH excluding ortho intramolecular Hbond substituents is 1. The molecule has 0 atom stereocenters.